The predicted octanol–water partition coefficient (Wildman–Crippen LogP) is 3.61. The van der Waals surface area contributed by atoms with Crippen molar-refractivity contribution in [2.75, 3.05) is 31.1 Å². The van der Waals surface area contributed by atoms with Crippen LogP contribution in [0, 0.1) is 0 Å². The molecule has 1 fully saturated rings. The highest BCUT2D eigenvalue weighted by Gasteiger charge is 2.23. The average molecular weight is 467 g/mol. The lowest BCUT2D eigenvalue weighted by molar-refractivity contribution is -0.132. The highest BCUT2D eigenvalue weighted by Crippen LogP contribution is 2.25. The molecule has 35 heavy (non-hydrogen) atoms. The van der Waals surface area contributed by atoms with Crippen molar-refractivity contribution in [1.82, 2.24) is 14.5 Å². The number of fused-ring (bicyclic) bond motifs is 1. The highest BCUT2D eigenvalue weighted by atomic mass is 16.2. The van der Waals surface area contributed by atoms with Gasteiger partial charge in [0.2, 0.25) is 5.91 Å². The van der Waals surface area contributed by atoms with Gasteiger partial charge in [0.15, 0.2) is 5.78 Å². The first kappa shape index (κ1) is 22.5. The topological polar surface area (TPSA) is 75.5 Å². The van der Waals surface area contributed by atoms with Crippen LogP contribution >= 0.6 is 0 Å². The molecule has 0 bridgehead atoms. The number of carbonyl (C=O) groups excluding carboxylic acids is 2. The Morgan fingerprint density at radius 2 is 1.49 bits per heavy atom. The SMILES string of the molecule is CC(=O)c1ccc(N2CCN(C(=O)Cn3c(=O)nc(-c4ccccc4)c4ccccc43)CC2)cc1. The van der Waals surface area contributed by atoms with E-state index < -0.39 is 5.69 Å². The molecular weight excluding hydrogens is 440 g/mol. The minimum absolute atomic E-state index is 0.0426. The van der Waals surface area contributed by atoms with Gasteiger partial charge in [0.1, 0.15) is 6.54 Å². The summed E-state index contributed by atoms with van der Waals surface area (Å²) in [7, 11) is 0. The Morgan fingerprint density at radius 3 is 2.17 bits per heavy atom. The third kappa shape index (κ3) is 4.57. The van der Waals surface area contributed by atoms with Crippen LogP contribution in [0.1, 0.15) is 17.3 Å². The van der Waals surface area contributed by atoms with E-state index in [0.29, 0.717) is 43.0 Å². The van der Waals surface area contributed by atoms with Gasteiger partial charge in [0.05, 0.1) is 11.2 Å². The van der Waals surface area contributed by atoms with Crippen LogP contribution in [0.4, 0.5) is 5.69 Å². The van der Waals surface area contributed by atoms with Crippen LogP contribution in [0.15, 0.2) is 83.7 Å². The van der Waals surface area contributed by atoms with Crippen molar-refractivity contribution in [1.29, 1.82) is 0 Å². The molecule has 0 spiro atoms. The van der Waals surface area contributed by atoms with Crippen molar-refractivity contribution >= 4 is 28.3 Å². The number of carbonyl (C=O) groups is 2. The smallest absolute Gasteiger partial charge is 0.349 e. The minimum atomic E-state index is -0.430. The van der Waals surface area contributed by atoms with Crippen molar-refractivity contribution in [3.63, 3.8) is 0 Å². The second-order valence-electron chi connectivity index (χ2n) is 8.68. The summed E-state index contributed by atoms with van der Waals surface area (Å²) in [5.74, 6) is -0.0564. The van der Waals surface area contributed by atoms with E-state index in [-0.39, 0.29) is 18.2 Å². The van der Waals surface area contributed by atoms with Crippen molar-refractivity contribution in [2.45, 2.75) is 13.5 Å². The quantitative estimate of drug-likeness (QED) is 0.420. The molecular formula is C28H26N4O3. The standard InChI is InChI=1S/C28H26N4O3/c1-20(33)21-11-13-23(14-12-21)30-15-17-31(18-16-30)26(34)19-32-25-10-6-5-9-24(25)27(29-28(32)35)22-7-3-2-4-8-22/h2-14H,15-19H2,1H3. The van der Waals surface area contributed by atoms with Crippen LogP contribution in [0.3, 0.4) is 0 Å². The van der Waals surface area contributed by atoms with Crippen molar-refractivity contribution in [2.24, 2.45) is 0 Å². The molecule has 7 nitrogen and oxygen atoms in total. The molecule has 1 aliphatic rings. The first-order chi connectivity index (χ1) is 17.0. The maximum Gasteiger partial charge on any atom is 0.349 e. The number of amides is 1. The molecule has 5 rings (SSSR count). The van der Waals surface area contributed by atoms with E-state index in [1.54, 1.807) is 11.8 Å². The lowest BCUT2D eigenvalue weighted by Crippen LogP contribution is -2.50. The van der Waals surface area contributed by atoms with E-state index in [4.69, 9.17) is 0 Å². The summed E-state index contributed by atoms with van der Waals surface area (Å²) in [6.07, 6.45) is 0. The highest BCUT2D eigenvalue weighted by molar-refractivity contribution is 5.94. The Hall–Kier alpha value is -4.26. The van der Waals surface area contributed by atoms with Gasteiger partial charge in [-0.2, -0.15) is 4.98 Å². The first-order valence-electron chi connectivity index (χ1n) is 11.7. The van der Waals surface area contributed by atoms with E-state index in [0.717, 1.165) is 16.6 Å². The zero-order valence-corrected chi connectivity index (χ0v) is 19.6. The van der Waals surface area contributed by atoms with Gasteiger partial charge < -0.3 is 9.80 Å². The van der Waals surface area contributed by atoms with Crippen LogP contribution in [0.2, 0.25) is 0 Å². The Labute approximate surface area is 203 Å². The number of para-hydroxylation sites is 1. The third-order valence-corrected chi connectivity index (χ3v) is 6.50. The molecule has 4 aromatic rings. The molecule has 0 unspecified atom stereocenters. The number of anilines is 1. The first-order valence-corrected chi connectivity index (χ1v) is 11.7. The molecule has 1 amide bonds. The van der Waals surface area contributed by atoms with Gasteiger partial charge in [-0.15, -0.1) is 0 Å². The number of nitrogens with zero attached hydrogens (tertiary/aromatic N) is 4. The monoisotopic (exact) mass is 466 g/mol. The van der Waals surface area contributed by atoms with Crippen molar-refractivity contribution < 1.29 is 9.59 Å². The van der Waals surface area contributed by atoms with E-state index in [1.807, 2.05) is 78.9 Å². The fraction of sp³-hybridized carbons (Fsp3) is 0.214. The summed E-state index contributed by atoms with van der Waals surface area (Å²) in [6.45, 7) is 4.01. The van der Waals surface area contributed by atoms with Crippen LogP contribution in [0.25, 0.3) is 22.2 Å². The van der Waals surface area contributed by atoms with E-state index >= 15 is 0 Å². The van der Waals surface area contributed by atoms with E-state index in [9.17, 15) is 14.4 Å². The van der Waals surface area contributed by atoms with Gasteiger partial charge in [-0.1, -0.05) is 48.5 Å². The van der Waals surface area contributed by atoms with E-state index in [1.165, 1.54) is 4.57 Å². The summed E-state index contributed by atoms with van der Waals surface area (Å²) in [5.41, 5.74) is 3.48. The number of Topliss-reactive ketones (excluding diaryl/α,β-unsaturated/α-hetero) is 1. The lowest BCUT2D eigenvalue weighted by atomic mass is 10.1. The Bertz CT molecular complexity index is 1440. The Morgan fingerprint density at radius 1 is 0.829 bits per heavy atom. The molecule has 0 radical (unpaired) electrons. The lowest BCUT2D eigenvalue weighted by Gasteiger charge is -2.36. The summed E-state index contributed by atoms with van der Waals surface area (Å²) >= 11 is 0. The molecule has 1 saturated heterocycles. The van der Waals surface area contributed by atoms with Gasteiger partial charge >= 0.3 is 5.69 Å². The van der Waals surface area contributed by atoms with Gasteiger partial charge in [0, 0.05) is 48.4 Å². The fourth-order valence-electron chi connectivity index (χ4n) is 4.55. The zero-order valence-electron chi connectivity index (χ0n) is 19.6. The molecule has 176 valence electrons. The molecule has 7 heteroatoms. The average Bonchev–Trinajstić information content (AvgIpc) is 2.90. The maximum absolute atomic E-state index is 13.2. The number of benzene rings is 3. The number of rotatable bonds is 5. The fourth-order valence-corrected chi connectivity index (χ4v) is 4.55. The third-order valence-electron chi connectivity index (χ3n) is 6.50. The van der Waals surface area contributed by atoms with Gasteiger partial charge in [-0.3, -0.25) is 14.2 Å². The maximum atomic E-state index is 13.2. The number of hydrogen-bond donors (Lipinski definition) is 0. The summed E-state index contributed by atoms with van der Waals surface area (Å²) in [4.78, 5) is 46.0. The summed E-state index contributed by atoms with van der Waals surface area (Å²) in [6, 6.07) is 24.7. The number of aromatic nitrogens is 2. The van der Waals surface area contributed by atoms with Crippen LogP contribution in [0.5, 0.6) is 0 Å². The minimum Gasteiger partial charge on any atom is -0.368 e. The molecule has 2 heterocycles. The number of hydrogen-bond acceptors (Lipinski definition) is 5. The Kier molecular flexibility index (Phi) is 6.14. The molecule has 0 aliphatic carbocycles. The van der Waals surface area contributed by atoms with Gasteiger partial charge in [-0.05, 0) is 37.3 Å². The summed E-state index contributed by atoms with van der Waals surface area (Å²) in [5, 5.41) is 0.838. The predicted molar refractivity (Wildman–Crippen MR) is 137 cm³/mol. The molecule has 0 atom stereocenters. The second-order valence-corrected chi connectivity index (χ2v) is 8.68. The number of piperazine rings is 1. The largest absolute Gasteiger partial charge is 0.368 e. The van der Waals surface area contributed by atoms with Gasteiger partial charge in [-0.25, -0.2) is 4.79 Å². The normalized spacial score (nSPS) is 13.7. The van der Waals surface area contributed by atoms with Crippen molar-refractivity contribution in [3.05, 3.63) is 94.9 Å². The molecule has 1 aromatic heterocycles. The zero-order chi connectivity index (χ0) is 24.4. The van der Waals surface area contributed by atoms with Gasteiger partial charge in [0.25, 0.3) is 0 Å². The Balaban J connectivity index is 1.33. The molecule has 1 aliphatic heterocycles. The number of ketones is 1. The van der Waals surface area contributed by atoms with E-state index in [2.05, 4.69) is 9.88 Å². The second kappa shape index (κ2) is 9.54. The van der Waals surface area contributed by atoms with Crippen molar-refractivity contribution in [3.8, 4) is 11.3 Å². The molecule has 0 saturated carbocycles. The molecule has 0 N–H and O–H groups in total. The van der Waals surface area contributed by atoms with Crippen LogP contribution in [-0.2, 0) is 11.3 Å². The summed E-state index contributed by atoms with van der Waals surface area (Å²) < 4.78 is 1.47. The molecule has 3 aromatic carbocycles. The van der Waals surface area contributed by atoms with Crippen LogP contribution in [-0.4, -0.2) is 52.3 Å². The van der Waals surface area contributed by atoms with Crippen LogP contribution < -0.4 is 10.6 Å².